The van der Waals surface area contributed by atoms with Gasteiger partial charge in [0.2, 0.25) is 0 Å². The summed E-state index contributed by atoms with van der Waals surface area (Å²) >= 11 is 0. The van der Waals surface area contributed by atoms with Crippen LogP contribution in [0.2, 0.25) is 0 Å². The Morgan fingerprint density at radius 1 is 0.615 bits per heavy atom. The topological polar surface area (TPSA) is 0 Å². The second-order valence-electron chi connectivity index (χ2n) is 7.83. The average molecular weight is 340 g/mol. The van der Waals surface area contributed by atoms with Gasteiger partial charge < -0.3 is 0 Å². The van der Waals surface area contributed by atoms with Crippen molar-refractivity contribution in [3.05, 3.63) is 105 Å². The van der Waals surface area contributed by atoms with Crippen molar-refractivity contribution < 1.29 is 0 Å². The Balaban J connectivity index is 1.96. The maximum Gasteiger partial charge on any atom is 0.0370 e. The molecule has 4 rings (SSSR count). The third kappa shape index (κ3) is 2.35. The van der Waals surface area contributed by atoms with Gasteiger partial charge >= 0.3 is 0 Å². The molecule has 1 atom stereocenters. The van der Waals surface area contributed by atoms with Gasteiger partial charge in [0, 0.05) is 11.8 Å². The molecule has 0 saturated carbocycles. The maximum atomic E-state index is 2.51. The SMILES string of the molecule is CC1=C(C)C(C)=C(C)[C]1C1C=C(c2ccccc2)c2c(C)ccc(C)c21. The number of benzene rings is 2. The normalized spacial score (nSPS) is 20.1. The van der Waals surface area contributed by atoms with Crippen molar-refractivity contribution in [2.45, 2.75) is 47.5 Å². The van der Waals surface area contributed by atoms with Crippen LogP contribution in [0, 0.1) is 19.8 Å². The molecule has 2 aromatic carbocycles. The largest absolute Gasteiger partial charge is 0.0672 e. The standard InChI is InChI=1S/C26H27/c1-15-12-13-16(2)25-23(26-19(5)17(3)18(4)20(26)6)14-22(24(15)25)21-10-8-7-9-11-21/h7-14,23H,1-6H3. The Hall–Kier alpha value is -2.34. The van der Waals surface area contributed by atoms with E-state index in [-0.39, 0.29) is 0 Å². The first-order chi connectivity index (χ1) is 12.4. The zero-order valence-electron chi connectivity index (χ0n) is 16.7. The lowest BCUT2D eigenvalue weighted by Crippen LogP contribution is -2.10. The molecule has 1 radical (unpaired) electrons. The van der Waals surface area contributed by atoms with Crippen LogP contribution in [0.1, 0.15) is 61.4 Å². The van der Waals surface area contributed by atoms with Crippen LogP contribution in [0.3, 0.4) is 0 Å². The van der Waals surface area contributed by atoms with Crippen LogP contribution in [-0.4, -0.2) is 0 Å². The highest BCUT2D eigenvalue weighted by Gasteiger charge is 2.38. The summed E-state index contributed by atoms with van der Waals surface area (Å²) in [6, 6.07) is 15.4. The van der Waals surface area contributed by atoms with Gasteiger partial charge in [-0.3, -0.25) is 0 Å². The molecule has 0 amide bonds. The Morgan fingerprint density at radius 2 is 1.19 bits per heavy atom. The molecule has 0 spiro atoms. The molecular formula is C26H27. The Kier molecular flexibility index (Phi) is 4.03. The van der Waals surface area contributed by atoms with E-state index in [1.54, 1.807) is 0 Å². The molecule has 0 heteroatoms. The molecule has 26 heavy (non-hydrogen) atoms. The first-order valence-electron chi connectivity index (χ1n) is 9.52. The molecule has 0 nitrogen and oxygen atoms in total. The minimum absolute atomic E-state index is 0.354. The van der Waals surface area contributed by atoms with Crippen LogP contribution < -0.4 is 0 Å². The van der Waals surface area contributed by atoms with Crippen molar-refractivity contribution >= 4 is 5.57 Å². The molecule has 131 valence electrons. The van der Waals surface area contributed by atoms with Gasteiger partial charge in [-0.15, -0.1) is 0 Å². The number of hydrogen-bond donors (Lipinski definition) is 0. The summed E-state index contributed by atoms with van der Waals surface area (Å²) in [6.45, 7) is 13.6. The van der Waals surface area contributed by atoms with E-state index in [0.29, 0.717) is 5.92 Å². The monoisotopic (exact) mass is 339 g/mol. The van der Waals surface area contributed by atoms with Gasteiger partial charge in [-0.05, 0) is 86.1 Å². The molecule has 0 aromatic heterocycles. The summed E-state index contributed by atoms with van der Waals surface area (Å²) in [6.07, 6.45) is 2.51. The zero-order chi connectivity index (χ0) is 18.6. The third-order valence-corrected chi connectivity index (χ3v) is 6.48. The lowest BCUT2D eigenvalue weighted by molar-refractivity contribution is 0.888. The minimum atomic E-state index is 0.354. The molecule has 0 saturated heterocycles. The van der Waals surface area contributed by atoms with E-state index in [2.05, 4.69) is 90.1 Å². The quantitative estimate of drug-likeness (QED) is 0.547. The molecule has 2 aliphatic carbocycles. The Morgan fingerprint density at radius 3 is 1.81 bits per heavy atom. The fourth-order valence-electron chi connectivity index (χ4n) is 4.72. The third-order valence-electron chi connectivity index (χ3n) is 6.48. The first kappa shape index (κ1) is 17.1. The van der Waals surface area contributed by atoms with Gasteiger partial charge in [0.05, 0.1) is 0 Å². The fourth-order valence-corrected chi connectivity index (χ4v) is 4.72. The summed E-state index contributed by atoms with van der Waals surface area (Å²) in [5.41, 5.74) is 14.2. The van der Waals surface area contributed by atoms with Gasteiger partial charge in [0.1, 0.15) is 0 Å². The second-order valence-corrected chi connectivity index (χ2v) is 7.83. The van der Waals surface area contributed by atoms with Crippen molar-refractivity contribution in [3.8, 4) is 0 Å². The van der Waals surface area contributed by atoms with Crippen LogP contribution in [-0.2, 0) is 0 Å². The molecule has 0 heterocycles. The lowest BCUT2D eigenvalue weighted by Gasteiger charge is -2.24. The van der Waals surface area contributed by atoms with Gasteiger partial charge in [-0.2, -0.15) is 0 Å². The van der Waals surface area contributed by atoms with Gasteiger partial charge in [-0.25, -0.2) is 0 Å². The van der Waals surface area contributed by atoms with Crippen molar-refractivity contribution in [2.24, 2.45) is 0 Å². The average Bonchev–Trinajstić information content (AvgIpc) is 3.13. The first-order valence-corrected chi connectivity index (χ1v) is 9.52. The summed E-state index contributed by atoms with van der Waals surface area (Å²) in [7, 11) is 0. The molecule has 0 aliphatic heterocycles. The number of fused-ring (bicyclic) bond motifs is 1. The van der Waals surface area contributed by atoms with E-state index in [0.717, 1.165) is 0 Å². The van der Waals surface area contributed by atoms with E-state index in [1.165, 1.54) is 61.6 Å². The van der Waals surface area contributed by atoms with Gasteiger partial charge in [0.25, 0.3) is 0 Å². The number of hydrogen-bond acceptors (Lipinski definition) is 0. The lowest BCUT2D eigenvalue weighted by atomic mass is 9.79. The molecule has 0 bridgehead atoms. The smallest absolute Gasteiger partial charge is 0.0370 e. The van der Waals surface area contributed by atoms with Crippen LogP contribution in [0.15, 0.2) is 70.8 Å². The predicted octanol–water partition coefficient (Wildman–Crippen LogP) is 7.09. The second kappa shape index (κ2) is 6.13. The van der Waals surface area contributed by atoms with Crippen molar-refractivity contribution in [1.29, 1.82) is 0 Å². The summed E-state index contributed by atoms with van der Waals surface area (Å²) < 4.78 is 0. The Labute approximate surface area is 158 Å². The van der Waals surface area contributed by atoms with Crippen LogP contribution in [0.25, 0.3) is 5.57 Å². The minimum Gasteiger partial charge on any atom is -0.0672 e. The zero-order valence-corrected chi connectivity index (χ0v) is 16.7. The molecule has 0 N–H and O–H groups in total. The summed E-state index contributed by atoms with van der Waals surface area (Å²) in [5.74, 6) is 1.87. The van der Waals surface area contributed by atoms with Gasteiger partial charge in [0.15, 0.2) is 0 Å². The van der Waals surface area contributed by atoms with E-state index in [4.69, 9.17) is 0 Å². The molecule has 2 aliphatic rings. The maximum absolute atomic E-state index is 2.51. The number of rotatable bonds is 2. The number of allylic oxidation sites excluding steroid dienone is 5. The number of aryl methyl sites for hydroxylation is 2. The highest BCUT2D eigenvalue weighted by Crippen LogP contribution is 2.53. The van der Waals surface area contributed by atoms with E-state index in [1.807, 2.05) is 0 Å². The van der Waals surface area contributed by atoms with Crippen molar-refractivity contribution in [3.63, 3.8) is 0 Å². The summed E-state index contributed by atoms with van der Waals surface area (Å²) in [4.78, 5) is 0. The van der Waals surface area contributed by atoms with Crippen molar-refractivity contribution in [1.82, 2.24) is 0 Å². The summed E-state index contributed by atoms with van der Waals surface area (Å²) in [5, 5.41) is 0. The predicted molar refractivity (Wildman–Crippen MR) is 112 cm³/mol. The van der Waals surface area contributed by atoms with E-state index < -0.39 is 0 Å². The molecule has 1 unspecified atom stereocenters. The van der Waals surface area contributed by atoms with Crippen LogP contribution in [0.4, 0.5) is 0 Å². The molecule has 2 aromatic rings. The van der Waals surface area contributed by atoms with Gasteiger partial charge in [-0.1, -0.05) is 59.7 Å². The fraction of sp³-hybridized carbons (Fsp3) is 0.269. The van der Waals surface area contributed by atoms with Crippen molar-refractivity contribution in [2.75, 3.05) is 0 Å². The van der Waals surface area contributed by atoms with Crippen LogP contribution >= 0.6 is 0 Å². The van der Waals surface area contributed by atoms with E-state index in [9.17, 15) is 0 Å². The molecular weight excluding hydrogens is 312 g/mol. The Bertz CT molecular complexity index is 956. The highest BCUT2D eigenvalue weighted by atomic mass is 14.4. The van der Waals surface area contributed by atoms with Crippen LogP contribution in [0.5, 0.6) is 0 Å². The highest BCUT2D eigenvalue weighted by molar-refractivity contribution is 5.89. The molecule has 0 fully saturated rings. The van der Waals surface area contributed by atoms with E-state index >= 15 is 0 Å².